The lowest BCUT2D eigenvalue weighted by molar-refractivity contribution is -0.166. The predicted octanol–water partition coefficient (Wildman–Crippen LogP) is 20.7. The number of ether oxygens (including phenoxy) is 3. The third-order valence-corrected chi connectivity index (χ3v) is 11.9. The Labute approximate surface area is 466 Å². The van der Waals surface area contributed by atoms with Crippen LogP contribution in [0.3, 0.4) is 0 Å². The summed E-state index contributed by atoms with van der Waals surface area (Å²) < 4.78 is 16.8. The van der Waals surface area contributed by atoms with Crippen molar-refractivity contribution in [1.29, 1.82) is 0 Å². The standard InChI is InChI=1S/C70H108O6/c1-4-7-10-13-16-19-22-25-27-29-31-32-33-34-35-36-37-38-39-41-42-45-48-51-54-57-60-63-69(72)75-66-67(65-74-68(71)62-59-56-53-50-47-44-24-21-18-15-12-9-6-3)76-70(73)64-61-58-55-52-49-46-43-40-30-28-26-23-20-17-14-11-8-5-2/h7,9-10,12,16,18-21,23,25,27-28,30-32,34-35,37-38,41-42,44,47-48,51,53,56,67H,4-6,8,11,13-15,17,22,24,26,29,33,36,39-40,43,45-46,49-50,52,54-55,57-66H2,1-3H3/b10-7-,12-9-,19-16-,21-18-,23-20-,27-25-,30-28-,32-31-,35-34-,38-37-,42-41-,47-44-,51-48-,56-53-. The summed E-state index contributed by atoms with van der Waals surface area (Å²) in [5.41, 5.74) is 0. The second kappa shape index (κ2) is 62.3. The molecule has 0 aromatic carbocycles. The molecule has 0 aliphatic heterocycles. The van der Waals surface area contributed by atoms with Crippen LogP contribution >= 0.6 is 0 Å². The van der Waals surface area contributed by atoms with Crippen LogP contribution in [0, 0.1) is 0 Å². The molecule has 0 saturated carbocycles. The largest absolute Gasteiger partial charge is 0.462 e. The molecule has 0 aromatic rings. The summed E-state index contributed by atoms with van der Waals surface area (Å²) >= 11 is 0. The van der Waals surface area contributed by atoms with E-state index in [-0.39, 0.29) is 50.4 Å². The van der Waals surface area contributed by atoms with E-state index < -0.39 is 6.10 Å². The molecule has 424 valence electrons. The fourth-order valence-corrected chi connectivity index (χ4v) is 7.50. The molecule has 0 saturated heterocycles. The average Bonchev–Trinajstić information content (AvgIpc) is 3.42. The molecule has 0 aliphatic rings. The summed E-state index contributed by atoms with van der Waals surface area (Å²) in [6.07, 6.45) is 92.2. The lowest BCUT2D eigenvalue weighted by Crippen LogP contribution is -2.30. The molecule has 0 amide bonds. The van der Waals surface area contributed by atoms with Crippen LogP contribution in [0.15, 0.2) is 170 Å². The van der Waals surface area contributed by atoms with Crippen molar-refractivity contribution in [2.45, 2.75) is 239 Å². The normalized spacial score (nSPS) is 13.4. The van der Waals surface area contributed by atoms with Crippen LogP contribution in [0.1, 0.15) is 233 Å². The first-order chi connectivity index (χ1) is 37.5. The van der Waals surface area contributed by atoms with Crippen molar-refractivity contribution in [1.82, 2.24) is 0 Å². The molecule has 0 heterocycles. The number of allylic oxidation sites excluding steroid dienone is 28. The van der Waals surface area contributed by atoms with Gasteiger partial charge in [-0.05, 0) is 141 Å². The first-order valence-corrected chi connectivity index (χ1v) is 30.1. The predicted molar refractivity (Wildman–Crippen MR) is 329 cm³/mol. The van der Waals surface area contributed by atoms with E-state index in [0.29, 0.717) is 12.8 Å². The Bertz CT molecular complexity index is 1770. The van der Waals surface area contributed by atoms with Crippen LogP contribution in [0.5, 0.6) is 0 Å². The molecule has 0 radical (unpaired) electrons. The van der Waals surface area contributed by atoms with Gasteiger partial charge in [-0.3, -0.25) is 14.4 Å². The van der Waals surface area contributed by atoms with E-state index in [1.165, 1.54) is 51.4 Å². The maximum Gasteiger partial charge on any atom is 0.306 e. The highest BCUT2D eigenvalue weighted by Crippen LogP contribution is 2.13. The SMILES string of the molecule is CC/C=C\C/C=C\C/C=C\C/C=C\C/C=C\C/C=C\C/C=C\C/C=C\CCCCC(=O)OCC(COC(=O)CC/C=C\C/C=C\C/C=C\C/C=C\CC)OC(=O)CCCCCCCCC/C=C\C/C=C\CCCCCC. The van der Waals surface area contributed by atoms with Gasteiger partial charge in [0.25, 0.3) is 0 Å². The van der Waals surface area contributed by atoms with Gasteiger partial charge < -0.3 is 14.2 Å². The second-order valence-electron chi connectivity index (χ2n) is 19.1. The Balaban J connectivity index is 4.52. The van der Waals surface area contributed by atoms with Crippen LogP contribution in [-0.2, 0) is 28.6 Å². The number of esters is 3. The summed E-state index contributed by atoms with van der Waals surface area (Å²) in [6, 6.07) is 0. The number of carbonyl (C=O) groups excluding carboxylic acids is 3. The molecule has 6 heteroatoms. The summed E-state index contributed by atoms with van der Waals surface area (Å²) in [6.45, 7) is 6.27. The van der Waals surface area contributed by atoms with Crippen LogP contribution in [0.2, 0.25) is 0 Å². The van der Waals surface area contributed by atoms with Gasteiger partial charge in [0, 0.05) is 19.3 Å². The van der Waals surface area contributed by atoms with Gasteiger partial charge in [0.1, 0.15) is 13.2 Å². The van der Waals surface area contributed by atoms with Crippen molar-refractivity contribution in [2.24, 2.45) is 0 Å². The molecule has 1 atom stereocenters. The first-order valence-electron chi connectivity index (χ1n) is 30.1. The summed E-state index contributed by atoms with van der Waals surface area (Å²) in [5.74, 6) is -1.07. The van der Waals surface area contributed by atoms with E-state index in [1.54, 1.807) is 0 Å². The van der Waals surface area contributed by atoms with Gasteiger partial charge in [0.05, 0.1) is 0 Å². The Hall–Kier alpha value is -5.23. The number of hydrogen-bond donors (Lipinski definition) is 0. The number of rotatable bonds is 52. The van der Waals surface area contributed by atoms with E-state index in [2.05, 4.69) is 179 Å². The summed E-state index contributed by atoms with van der Waals surface area (Å²) in [5, 5.41) is 0. The molecular weight excluding hydrogens is 937 g/mol. The minimum Gasteiger partial charge on any atom is -0.462 e. The van der Waals surface area contributed by atoms with E-state index in [0.717, 1.165) is 128 Å². The Kier molecular flexibility index (Phi) is 58.0. The van der Waals surface area contributed by atoms with Gasteiger partial charge >= 0.3 is 17.9 Å². The first kappa shape index (κ1) is 70.8. The summed E-state index contributed by atoms with van der Waals surface area (Å²) in [4.78, 5) is 38.2. The van der Waals surface area contributed by atoms with E-state index >= 15 is 0 Å². The van der Waals surface area contributed by atoms with Gasteiger partial charge in [-0.15, -0.1) is 0 Å². The number of hydrogen-bond acceptors (Lipinski definition) is 6. The minimum absolute atomic E-state index is 0.134. The number of carbonyl (C=O) groups is 3. The van der Waals surface area contributed by atoms with Gasteiger partial charge in [0.2, 0.25) is 0 Å². The van der Waals surface area contributed by atoms with Crippen molar-refractivity contribution in [3.63, 3.8) is 0 Å². The van der Waals surface area contributed by atoms with E-state index in [1.807, 2.05) is 12.2 Å². The molecule has 76 heavy (non-hydrogen) atoms. The highest BCUT2D eigenvalue weighted by Gasteiger charge is 2.19. The Morgan fingerprint density at radius 2 is 0.539 bits per heavy atom. The van der Waals surface area contributed by atoms with Gasteiger partial charge in [-0.2, -0.15) is 0 Å². The van der Waals surface area contributed by atoms with E-state index in [4.69, 9.17) is 14.2 Å². The van der Waals surface area contributed by atoms with Gasteiger partial charge in [-0.25, -0.2) is 0 Å². The lowest BCUT2D eigenvalue weighted by Gasteiger charge is -2.18. The molecule has 0 bridgehead atoms. The lowest BCUT2D eigenvalue weighted by atomic mass is 10.1. The third-order valence-electron chi connectivity index (χ3n) is 11.9. The van der Waals surface area contributed by atoms with Crippen molar-refractivity contribution in [2.75, 3.05) is 13.2 Å². The van der Waals surface area contributed by atoms with Crippen molar-refractivity contribution in [3.05, 3.63) is 170 Å². The quantitative estimate of drug-likeness (QED) is 0.0261. The highest BCUT2D eigenvalue weighted by atomic mass is 16.6. The van der Waals surface area contributed by atoms with Crippen molar-refractivity contribution in [3.8, 4) is 0 Å². The fraction of sp³-hybridized carbons (Fsp3) is 0.557. The Morgan fingerprint density at radius 1 is 0.276 bits per heavy atom. The zero-order valence-electron chi connectivity index (χ0n) is 48.4. The minimum atomic E-state index is -0.839. The molecule has 1 unspecified atom stereocenters. The molecule has 0 rings (SSSR count). The van der Waals surface area contributed by atoms with Crippen LogP contribution in [0.4, 0.5) is 0 Å². The van der Waals surface area contributed by atoms with E-state index in [9.17, 15) is 14.4 Å². The molecule has 0 aliphatic carbocycles. The van der Waals surface area contributed by atoms with Gasteiger partial charge in [-0.1, -0.05) is 242 Å². The van der Waals surface area contributed by atoms with Crippen LogP contribution < -0.4 is 0 Å². The second-order valence-corrected chi connectivity index (χ2v) is 19.1. The van der Waals surface area contributed by atoms with Crippen LogP contribution in [-0.4, -0.2) is 37.2 Å². The molecule has 0 fully saturated rings. The van der Waals surface area contributed by atoms with Crippen molar-refractivity contribution >= 4 is 17.9 Å². The molecule has 0 aromatic heterocycles. The maximum absolute atomic E-state index is 12.9. The van der Waals surface area contributed by atoms with Crippen LogP contribution in [0.25, 0.3) is 0 Å². The zero-order valence-corrected chi connectivity index (χ0v) is 48.4. The average molecular weight is 1050 g/mol. The molecule has 0 spiro atoms. The number of unbranched alkanes of at least 4 members (excludes halogenated alkanes) is 13. The maximum atomic E-state index is 12.9. The monoisotopic (exact) mass is 1040 g/mol. The smallest absolute Gasteiger partial charge is 0.306 e. The summed E-state index contributed by atoms with van der Waals surface area (Å²) in [7, 11) is 0. The zero-order chi connectivity index (χ0) is 55.0. The van der Waals surface area contributed by atoms with Gasteiger partial charge in [0.15, 0.2) is 6.10 Å². The fourth-order valence-electron chi connectivity index (χ4n) is 7.50. The topological polar surface area (TPSA) is 78.9 Å². The molecule has 0 N–H and O–H groups in total. The molecule has 6 nitrogen and oxygen atoms in total. The van der Waals surface area contributed by atoms with Crippen molar-refractivity contribution < 1.29 is 28.6 Å². The molecular formula is C70H108O6. The highest BCUT2D eigenvalue weighted by molar-refractivity contribution is 5.71. The Morgan fingerprint density at radius 3 is 0.908 bits per heavy atom. The third kappa shape index (κ3) is 59.6.